The molecule has 5 saturated carbocycles. The maximum absolute atomic E-state index is 12.6. The predicted molar refractivity (Wildman–Crippen MR) is 164 cm³/mol. The predicted octanol–water partition coefficient (Wildman–Crippen LogP) is 8.55. The number of esters is 1. The fraction of sp³-hybridized carbons (Fsp3) is 0.865. The van der Waals surface area contributed by atoms with Gasteiger partial charge in [-0.15, -0.1) is 0 Å². The molecule has 1 saturated heterocycles. The van der Waals surface area contributed by atoms with Crippen LogP contribution in [0.1, 0.15) is 113 Å². The number of carbonyl (C=O) groups is 1. The van der Waals surface area contributed by atoms with Crippen molar-refractivity contribution in [1.29, 1.82) is 0 Å². The molecule has 4 heteroatoms. The van der Waals surface area contributed by atoms with Crippen molar-refractivity contribution in [1.82, 2.24) is 0 Å². The molecule has 230 valence electrons. The molecule has 1 aliphatic heterocycles. The molecule has 4 nitrogen and oxygen atoms in total. The van der Waals surface area contributed by atoms with Crippen molar-refractivity contribution in [2.24, 2.45) is 56.7 Å². The van der Waals surface area contributed by atoms with Gasteiger partial charge in [0.05, 0.1) is 19.8 Å². The fourth-order valence-corrected chi connectivity index (χ4v) is 12.5. The fourth-order valence-electron chi connectivity index (χ4n) is 12.5. The summed E-state index contributed by atoms with van der Waals surface area (Å²) in [5.74, 6) is 3.13. The second-order valence-corrected chi connectivity index (χ2v) is 17.1. The molecular weight excluding hydrogens is 508 g/mol. The van der Waals surface area contributed by atoms with Gasteiger partial charge in [0.15, 0.2) is 0 Å². The van der Waals surface area contributed by atoms with Gasteiger partial charge in [0.1, 0.15) is 12.2 Å². The monoisotopic (exact) mass is 566 g/mol. The van der Waals surface area contributed by atoms with Gasteiger partial charge in [0, 0.05) is 11.0 Å². The van der Waals surface area contributed by atoms with E-state index in [4.69, 9.17) is 14.2 Å². The van der Waals surface area contributed by atoms with Crippen LogP contribution in [0, 0.1) is 56.7 Å². The lowest BCUT2D eigenvalue weighted by atomic mass is 9.32. The number of ether oxygens (including phenoxy) is 3. The molecule has 0 aromatic heterocycles. The highest BCUT2D eigenvalue weighted by molar-refractivity contribution is 5.87. The SMILES string of the molecule is C=C(C)C(=O)O[C@H]1CC[C@]2(C)C3CC[C@@H]4C5[C@H](C(=C)C)CC[C@]5(COCC5CO5)CC[C@@]4(C)[C@]3(C)CC[C@H]2C1(C)C. The summed E-state index contributed by atoms with van der Waals surface area (Å²) in [4.78, 5) is 12.6. The Labute approximate surface area is 250 Å². The van der Waals surface area contributed by atoms with Crippen molar-refractivity contribution >= 4 is 5.97 Å². The number of carbonyl (C=O) groups excluding carboxylic acids is 1. The molecule has 0 spiro atoms. The van der Waals surface area contributed by atoms with E-state index in [9.17, 15) is 4.79 Å². The number of hydrogen-bond acceptors (Lipinski definition) is 4. The molecule has 0 N–H and O–H groups in total. The smallest absolute Gasteiger partial charge is 0.333 e. The zero-order valence-electron chi connectivity index (χ0n) is 27.3. The van der Waals surface area contributed by atoms with Crippen LogP contribution in [0.3, 0.4) is 0 Å². The quantitative estimate of drug-likeness (QED) is 0.134. The Hall–Kier alpha value is -1.13. The summed E-state index contributed by atoms with van der Waals surface area (Å²) < 4.78 is 18.0. The summed E-state index contributed by atoms with van der Waals surface area (Å²) in [6.45, 7) is 27.9. The molecule has 0 radical (unpaired) electrons. The molecule has 0 amide bonds. The molecule has 3 unspecified atom stereocenters. The van der Waals surface area contributed by atoms with Gasteiger partial charge >= 0.3 is 5.97 Å². The second-order valence-electron chi connectivity index (χ2n) is 17.1. The van der Waals surface area contributed by atoms with Crippen LogP contribution < -0.4 is 0 Å². The zero-order valence-corrected chi connectivity index (χ0v) is 27.3. The average molecular weight is 567 g/mol. The minimum Gasteiger partial charge on any atom is -0.458 e. The van der Waals surface area contributed by atoms with Crippen LogP contribution in [0.4, 0.5) is 0 Å². The van der Waals surface area contributed by atoms with Gasteiger partial charge in [-0.25, -0.2) is 4.79 Å². The molecule has 6 rings (SSSR count). The average Bonchev–Trinajstić information content (AvgIpc) is 3.64. The number of allylic oxidation sites excluding steroid dienone is 1. The maximum atomic E-state index is 12.6. The Morgan fingerprint density at radius 1 is 0.854 bits per heavy atom. The number of fused-ring (bicyclic) bond motifs is 7. The Morgan fingerprint density at radius 3 is 2.24 bits per heavy atom. The van der Waals surface area contributed by atoms with Crippen LogP contribution in [0.2, 0.25) is 0 Å². The summed E-state index contributed by atoms with van der Waals surface area (Å²) in [6, 6.07) is 0. The van der Waals surface area contributed by atoms with Crippen molar-refractivity contribution in [2.75, 3.05) is 19.8 Å². The summed E-state index contributed by atoms with van der Waals surface area (Å²) in [5.41, 5.74) is 3.13. The van der Waals surface area contributed by atoms with E-state index < -0.39 is 0 Å². The van der Waals surface area contributed by atoms with Crippen molar-refractivity contribution < 1.29 is 19.0 Å². The van der Waals surface area contributed by atoms with E-state index in [1.54, 1.807) is 6.92 Å². The number of hydrogen-bond donors (Lipinski definition) is 0. The number of rotatable bonds is 7. The van der Waals surface area contributed by atoms with Gasteiger partial charge in [0.2, 0.25) is 0 Å². The number of epoxide rings is 1. The molecular formula is C37H58O4. The Kier molecular flexibility index (Phi) is 7.26. The van der Waals surface area contributed by atoms with E-state index in [1.807, 2.05) is 0 Å². The van der Waals surface area contributed by atoms with E-state index in [0.717, 1.165) is 38.6 Å². The van der Waals surface area contributed by atoms with E-state index in [-0.39, 0.29) is 22.9 Å². The zero-order chi connectivity index (χ0) is 29.6. The highest BCUT2D eigenvalue weighted by Gasteiger charge is 2.71. The topological polar surface area (TPSA) is 48.1 Å². The van der Waals surface area contributed by atoms with Crippen LogP contribution >= 0.6 is 0 Å². The largest absolute Gasteiger partial charge is 0.458 e. The highest BCUT2D eigenvalue weighted by atomic mass is 16.6. The molecule has 11 atom stereocenters. The van der Waals surface area contributed by atoms with Gasteiger partial charge in [-0.05, 0) is 129 Å². The minimum absolute atomic E-state index is 0.0211. The van der Waals surface area contributed by atoms with Crippen LogP contribution in [-0.2, 0) is 19.0 Å². The molecule has 1 heterocycles. The Balaban J connectivity index is 1.29. The first-order valence-electron chi connectivity index (χ1n) is 16.9. The first kappa shape index (κ1) is 29.9. The first-order chi connectivity index (χ1) is 19.2. The third-order valence-electron chi connectivity index (χ3n) is 14.9. The lowest BCUT2D eigenvalue weighted by Crippen LogP contribution is -2.67. The van der Waals surface area contributed by atoms with Gasteiger partial charge in [-0.2, -0.15) is 0 Å². The normalized spacial score (nSPS) is 49.6. The maximum Gasteiger partial charge on any atom is 0.333 e. The summed E-state index contributed by atoms with van der Waals surface area (Å²) in [6.07, 6.45) is 12.9. The van der Waals surface area contributed by atoms with Crippen LogP contribution in [0.15, 0.2) is 24.3 Å². The van der Waals surface area contributed by atoms with Crippen molar-refractivity contribution in [3.63, 3.8) is 0 Å². The van der Waals surface area contributed by atoms with Gasteiger partial charge in [0.25, 0.3) is 0 Å². The standard InChI is InChI=1S/C37H58O4/c1-23(2)26-12-17-37(22-39-20-25-21-40-25)19-18-35(8)27(31(26)37)10-11-29-34(7)15-14-30(41-32(38)24(3)4)33(5,6)28(34)13-16-36(29,35)9/h25-31H,1,3,10-22H2,2,4-9H3/t25?,26-,27+,28-,29?,30-,31?,34-,35+,36+,37+/m0/s1. The van der Waals surface area contributed by atoms with Gasteiger partial charge in [-0.3, -0.25) is 0 Å². The van der Waals surface area contributed by atoms with E-state index >= 15 is 0 Å². The summed E-state index contributed by atoms with van der Waals surface area (Å²) in [7, 11) is 0. The first-order valence-corrected chi connectivity index (χ1v) is 16.9. The van der Waals surface area contributed by atoms with E-state index in [2.05, 4.69) is 54.7 Å². The molecule has 41 heavy (non-hydrogen) atoms. The molecule has 6 fully saturated rings. The van der Waals surface area contributed by atoms with E-state index in [0.29, 0.717) is 51.6 Å². The summed E-state index contributed by atoms with van der Waals surface area (Å²) in [5, 5.41) is 0. The second kappa shape index (κ2) is 9.94. The third kappa shape index (κ3) is 4.38. The summed E-state index contributed by atoms with van der Waals surface area (Å²) >= 11 is 0. The van der Waals surface area contributed by atoms with Gasteiger partial charge in [-0.1, -0.05) is 53.3 Å². The van der Waals surface area contributed by atoms with E-state index in [1.165, 1.54) is 56.9 Å². The lowest BCUT2D eigenvalue weighted by molar-refractivity contribution is -0.252. The van der Waals surface area contributed by atoms with Crippen LogP contribution in [0.25, 0.3) is 0 Å². The molecule has 0 bridgehead atoms. The molecule has 0 aromatic carbocycles. The highest BCUT2D eigenvalue weighted by Crippen LogP contribution is 2.77. The Morgan fingerprint density at radius 2 is 1.59 bits per heavy atom. The van der Waals surface area contributed by atoms with Gasteiger partial charge < -0.3 is 14.2 Å². The molecule has 6 aliphatic rings. The molecule has 5 aliphatic carbocycles. The molecule has 0 aromatic rings. The van der Waals surface area contributed by atoms with Crippen LogP contribution in [0.5, 0.6) is 0 Å². The third-order valence-corrected chi connectivity index (χ3v) is 14.9. The van der Waals surface area contributed by atoms with Crippen LogP contribution in [-0.4, -0.2) is 38.0 Å². The Bertz CT molecular complexity index is 1090. The minimum atomic E-state index is -0.219. The van der Waals surface area contributed by atoms with Crippen molar-refractivity contribution in [3.05, 3.63) is 24.3 Å². The van der Waals surface area contributed by atoms with Crippen molar-refractivity contribution in [2.45, 2.75) is 125 Å². The lowest BCUT2D eigenvalue weighted by Gasteiger charge is -2.73. The van der Waals surface area contributed by atoms with Crippen molar-refractivity contribution in [3.8, 4) is 0 Å².